The largest absolute Gasteiger partial charge is 0.454 e. The summed E-state index contributed by atoms with van der Waals surface area (Å²) < 4.78 is 7.21. The molecule has 0 spiro atoms. The van der Waals surface area contributed by atoms with E-state index >= 15 is 0 Å². The van der Waals surface area contributed by atoms with Crippen LogP contribution in [0.3, 0.4) is 0 Å². The summed E-state index contributed by atoms with van der Waals surface area (Å²) in [4.78, 5) is 12.2. The molecule has 0 aliphatic carbocycles. The Bertz CT molecular complexity index is 798. The number of hydrogen-bond acceptors (Lipinski definition) is 3. The van der Waals surface area contributed by atoms with Crippen LogP contribution in [0.15, 0.2) is 67.0 Å². The first-order valence-corrected chi connectivity index (χ1v) is 7.58. The number of nitrogens with zero attached hydrogens (tertiary/aromatic N) is 2. The molecule has 0 saturated carbocycles. The van der Waals surface area contributed by atoms with Gasteiger partial charge in [-0.2, -0.15) is 5.10 Å². The lowest BCUT2D eigenvalue weighted by molar-refractivity contribution is 0.0338. The average Bonchev–Trinajstić information content (AvgIpc) is 3.09. The predicted molar refractivity (Wildman–Crippen MR) is 88.8 cm³/mol. The van der Waals surface area contributed by atoms with Crippen LogP contribution in [0.4, 0.5) is 0 Å². The van der Waals surface area contributed by atoms with Crippen LogP contribution in [-0.2, 0) is 4.74 Å². The molecule has 3 rings (SSSR count). The highest BCUT2D eigenvalue weighted by Crippen LogP contribution is 2.25. The zero-order valence-electron chi connectivity index (χ0n) is 12.5. The monoisotopic (exact) mass is 326 g/mol. The Hall–Kier alpha value is -2.59. The lowest BCUT2D eigenvalue weighted by Crippen LogP contribution is -2.09. The molecule has 0 saturated heterocycles. The standard InChI is InChI=1S/C18H15ClN2O2/c1-13(16-5-2-3-6-17(16)19)23-18(22)14-7-9-15(10-8-14)21-12-4-11-20-21/h2-13H,1H3. The number of benzene rings is 2. The smallest absolute Gasteiger partial charge is 0.338 e. The second-order valence-corrected chi connectivity index (χ2v) is 5.47. The maximum absolute atomic E-state index is 12.2. The zero-order chi connectivity index (χ0) is 16.2. The summed E-state index contributed by atoms with van der Waals surface area (Å²) in [5.41, 5.74) is 2.15. The fraction of sp³-hybridized carbons (Fsp3) is 0.111. The topological polar surface area (TPSA) is 44.1 Å². The second kappa shape index (κ2) is 6.67. The molecular weight excluding hydrogens is 312 g/mol. The van der Waals surface area contributed by atoms with Crippen LogP contribution in [0.1, 0.15) is 28.9 Å². The summed E-state index contributed by atoms with van der Waals surface area (Å²) in [6, 6.07) is 16.3. The third-order valence-corrected chi connectivity index (χ3v) is 3.84. The molecule has 4 nitrogen and oxygen atoms in total. The van der Waals surface area contributed by atoms with E-state index in [1.165, 1.54) is 0 Å². The van der Waals surface area contributed by atoms with Gasteiger partial charge in [0.25, 0.3) is 0 Å². The van der Waals surface area contributed by atoms with E-state index in [9.17, 15) is 4.79 Å². The van der Waals surface area contributed by atoms with E-state index in [0.29, 0.717) is 10.6 Å². The summed E-state index contributed by atoms with van der Waals surface area (Å²) in [6.45, 7) is 1.80. The van der Waals surface area contributed by atoms with E-state index in [0.717, 1.165) is 11.3 Å². The van der Waals surface area contributed by atoms with Gasteiger partial charge in [0.2, 0.25) is 0 Å². The summed E-state index contributed by atoms with van der Waals surface area (Å²) in [5.74, 6) is -0.385. The van der Waals surface area contributed by atoms with E-state index in [1.807, 2.05) is 42.6 Å². The molecule has 0 aliphatic rings. The molecule has 0 amide bonds. The number of rotatable bonds is 4. The fourth-order valence-corrected chi connectivity index (χ4v) is 2.56. The molecule has 116 valence electrons. The molecular formula is C18H15ClN2O2. The van der Waals surface area contributed by atoms with Crippen LogP contribution in [0, 0.1) is 0 Å². The number of ether oxygens (including phenoxy) is 1. The van der Waals surface area contributed by atoms with Crippen molar-refractivity contribution in [3.05, 3.63) is 83.1 Å². The van der Waals surface area contributed by atoms with Crippen molar-refractivity contribution < 1.29 is 9.53 Å². The first kappa shape index (κ1) is 15.3. The van der Waals surface area contributed by atoms with E-state index in [-0.39, 0.29) is 5.97 Å². The van der Waals surface area contributed by atoms with E-state index in [1.54, 1.807) is 36.0 Å². The molecule has 3 aromatic rings. The van der Waals surface area contributed by atoms with Crippen molar-refractivity contribution in [2.24, 2.45) is 0 Å². The van der Waals surface area contributed by atoms with Crippen molar-refractivity contribution in [3.8, 4) is 5.69 Å². The third kappa shape index (κ3) is 3.43. The Morgan fingerprint density at radius 1 is 1.13 bits per heavy atom. The SMILES string of the molecule is CC(OC(=O)c1ccc(-n2cccn2)cc1)c1ccccc1Cl. The predicted octanol–water partition coefficient (Wildman–Crippen LogP) is 4.44. The summed E-state index contributed by atoms with van der Waals surface area (Å²) in [7, 11) is 0. The van der Waals surface area contributed by atoms with Gasteiger partial charge in [-0.3, -0.25) is 0 Å². The quantitative estimate of drug-likeness (QED) is 0.666. The number of hydrogen-bond donors (Lipinski definition) is 0. The zero-order valence-corrected chi connectivity index (χ0v) is 13.3. The third-order valence-electron chi connectivity index (χ3n) is 3.50. The molecule has 5 heteroatoms. The van der Waals surface area contributed by atoms with Gasteiger partial charge in [0.15, 0.2) is 0 Å². The molecule has 0 aliphatic heterocycles. The molecule has 1 aromatic heterocycles. The molecule has 1 unspecified atom stereocenters. The van der Waals surface area contributed by atoms with Gasteiger partial charge in [-0.25, -0.2) is 9.48 Å². The van der Waals surface area contributed by atoms with Crippen molar-refractivity contribution >= 4 is 17.6 Å². The highest BCUT2D eigenvalue weighted by atomic mass is 35.5. The molecule has 0 fully saturated rings. The average molecular weight is 327 g/mol. The van der Waals surface area contributed by atoms with Crippen molar-refractivity contribution in [2.45, 2.75) is 13.0 Å². The van der Waals surface area contributed by atoms with Crippen LogP contribution in [0.2, 0.25) is 5.02 Å². The van der Waals surface area contributed by atoms with Crippen LogP contribution in [-0.4, -0.2) is 15.7 Å². The maximum atomic E-state index is 12.2. The number of carbonyl (C=O) groups is 1. The van der Waals surface area contributed by atoms with Gasteiger partial charge in [0.1, 0.15) is 6.10 Å². The number of halogens is 1. The van der Waals surface area contributed by atoms with Crippen molar-refractivity contribution in [1.82, 2.24) is 9.78 Å². The lowest BCUT2D eigenvalue weighted by atomic mass is 10.1. The summed E-state index contributed by atoms with van der Waals surface area (Å²) in [5, 5.41) is 4.73. The molecule has 1 atom stereocenters. The first-order chi connectivity index (χ1) is 11.1. The number of aromatic nitrogens is 2. The van der Waals surface area contributed by atoms with Crippen LogP contribution < -0.4 is 0 Å². The fourth-order valence-electron chi connectivity index (χ4n) is 2.27. The Balaban J connectivity index is 1.72. The summed E-state index contributed by atoms with van der Waals surface area (Å²) in [6.07, 6.45) is 3.13. The number of esters is 1. The van der Waals surface area contributed by atoms with Gasteiger partial charge in [0.05, 0.1) is 11.3 Å². The molecule has 1 heterocycles. The Kier molecular flexibility index (Phi) is 4.44. The van der Waals surface area contributed by atoms with Crippen LogP contribution >= 0.6 is 11.6 Å². The molecule has 0 N–H and O–H groups in total. The van der Waals surface area contributed by atoms with E-state index < -0.39 is 6.10 Å². The first-order valence-electron chi connectivity index (χ1n) is 7.20. The molecule has 0 bridgehead atoms. The molecule has 23 heavy (non-hydrogen) atoms. The molecule has 2 aromatic carbocycles. The van der Waals surface area contributed by atoms with E-state index in [2.05, 4.69) is 5.10 Å². The Labute approximate surface area is 139 Å². The second-order valence-electron chi connectivity index (χ2n) is 5.07. The minimum atomic E-state index is -0.415. The Morgan fingerprint density at radius 3 is 2.52 bits per heavy atom. The Morgan fingerprint density at radius 2 is 1.87 bits per heavy atom. The van der Waals surface area contributed by atoms with Gasteiger partial charge >= 0.3 is 5.97 Å². The van der Waals surface area contributed by atoms with Crippen molar-refractivity contribution in [2.75, 3.05) is 0 Å². The maximum Gasteiger partial charge on any atom is 0.338 e. The highest BCUT2D eigenvalue weighted by Gasteiger charge is 2.15. The van der Waals surface area contributed by atoms with Crippen molar-refractivity contribution in [3.63, 3.8) is 0 Å². The van der Waals surface area contributed by atoms with Crippen molar-refractivity contribution in [1.29, 1.82) is 0 Å². The van der Waals surface area contributed by atoms with Gasteiger partial charge < -0.3 is 4.74 Å². The normalized spacial score (nSPS) is 11.9. The van der Waals surface area contributed by atoms with Gasteiger partial charge in [-0.05, 0) is 43.3 Å². The van der Waals surface area contributed by atoms with Gasteiger partial charge in [-0.1, -0.05) is 29.8 Å². The minimum Gasteiger partial charge on any atom is -0.454 e. The van der Waals surface area contributed by atoms with E-state index in [4.69, 9.17) is 16.3 Å². The minimum absolute atomic E-state index is 0.385. The van der Waals surface area contributed by atoms with Gasteiger partial charge in [-0.15, -0.1) is 0 Å². The van der Waals surface area contributed by atoms with Crippen LogP contribution in [0.25, 0.3) is 5.69 Å². The lowest BCUT2D eigenvalue weighted by Gasteiger charge is -2.15. The molecule has 0 radical (unpaired) electrons. The highest BCUT2D eigenvalue weighted by molar-refractivity contribution is 6.31. The van der Waals surface area contributed by atoms with Crippen LogP contribution in [0.5, 0.6) is 0 Å². The van der Waals surface area contributed by atoms with Gasteiger partial charge in [0, 0.05) is 23.0 Å². The number of carbonyl (C=O) groups excluding carboxylic acids is 1. The summed E-state index contributed by atoms with van der Waals surface area (Å²) >= 11 is 6.13.